The Morgan fingerprint density at radius 1 is 0.808 bits per heavy atom. The standard InChI is InChI=1S/C38H36F6N2O5S/c1-20-12-26(37(48)49)13-21(2)35(20)46(17-22-14-25(23-10-11-23)16-27(15-22)38(3,4)5)29(47)19-45(18-24-8-6-7-9-28(24)39)52(50,51)36-33(43)31(41)30(40)32(42)34(36)44/h6-9,12-16,23H,10-11,17-19H2,1-5H3,(H,48,49). The third-order valence-electron chi connectivity index (χ3n) is 8.96. The minimum atomic E-state index is -5.75. The molecule has 0 saturated heterocycles. The molecule has 0 spiro atoms. The summed E-state index contributed by atoms with van der Waals surface area (Å²) >= 11 is 0. The molecule has 0 heterocycles. The van der Waals surface area contributed by atoms with Gasteiger partial charge in [0.2, 0.25) is 21.7 Å². The fourth-order valence-corrected chi connectivity index (χ4v) is 7.57. The summed E-state index contributed by atoms with van der Waals surface area (Å²) < 4.78 is 116. The maximum absolute atomic E-state index is 15.0. The van der Waals surface area contributed by atoms with Crippen molar-refractivity contribution >= 4 is 27.6 Å². The van der Waals surface area contributed by atoms with Crippen molar-refractivity contribution in [1.29, 1.82) is 0 Å². The van der Waals surface area contributed by atoms with E-state index in [1.54, 1.807) is 13.8 Å². The topological polar surface area (TPSA) is 95.0 Å². The first kappa shape index (κ1) is 38.5. The molecule has 0 aromatic heterocycles. The number of hydrogen-bond acceptors (Lipinski definition) is 4. The van der Waals surface area contributed by atoms with Crippen LogP contribution in [0.15, 0.2) is 59.5 Å². The molecule has 1 N–H and O–H groups in total. The first-order chi connectivity index (χ1) is 24.2. The second-order valence-electron chi connectivity index (χ2n) is 14.0. The molecule has 4 aromatic carbocycles. The van der Waals surface area contributed by atoms with Gasteiger partial charge in [0.25, 0.3) is 0 Å². The van der Waals surface area contributed by atoms with Gasteiger partial charge < -0.3 is 10.0 Å². The van der Waals surface area contributed by atoms with Crippen LogP contribution in [0.3, 0.4) is 0 Å². The fourth-order valence-electron chi connectivity index (χ4n) is 6.09. The SMILES string of the molecule is Cc1cc(C(=O)O)cc(C)c1N(Cc1cc(C2CC2)cc(C(C)(C)C)c1)C(=O)CN(Cc1ccccc1F)S(=O)(=O)c1c(F)c(F)c(F)c(F)c1F. The van der Waals surface area contributed by atoms with Gasteiger partial charge in [-0.1, -0.05) is 57.2 Å². The third-order valence-corrected chi connectivity index (χ3v) is 10.8. The zero-order valence-electron chi connectivity index (χ0n) is 29.0. The Morgan fingerprint density at radius 2 is 1.37 bits per heavy atom. The Labute approximate surface area is 297 Å². The number of rotatable bonds is 11. The van der Waals surface area contributed by atoms with Gasteiger partial charge >= 0.3 is 5.97 Å². The van der Waals surface area contributed by atoms with Crippen LogP contribution in [-0.2, 0) is 33.3 Å². The molecule has 52 heavy (non-hydrogen) atoms. The highest BCUT2D eigenvalue weighted by Gasteiger charge is 2.39. The van der Waals surface area contributed by atoms with E-state index in [0.29, 0.717) is 22.6 Å². The minimum Gasteiger partial charge on any atom is -0.478 e. The molecule has 0 unspecified atom stereocenters. The van der Waals surface area contributed by atoms with E-state index in [4.69, 9.17) is 0 Å². The van der Waals surface area contributed by atoms with E-state index in [1.165, 1.54) is 29.2 Å². The van der Waals surface area contributed by atoms with E-state index >= 15 is 8.78 Å². The quantitative estimate of drug-likeness (QED) is 0.0945. The molecular formula is C38H36F6N2O5S. The maximum Gasteiger partial charge on any atom is 0.335 e. The van der Waals surface area contributed by atoms with Crippen LogP contribution in [0.2, 0.25) is 0 Å². The number of halogens is 6. The van der Waals surface area contributed by atoms with Crippen molar-refractivity contribution < 1.29 is 49.5 Å². The van der Waals surface area contributed by atoms with Crippen molar-refractivity contribution in [1.82, 2.24) is 4.31 Å². The number of aryl methyl sites for hydroxylation is 2. The van der Waals surface area contributed by atoms with Gasteiger partial charge in [-0.25, -0.2) is 39.6 Å². The molecule has 0 atom stereocenters. The van der Waals surface area contributed by atoms with Crippen molar-refractivity contribution in [2.75, 3.05) is 11.4 Å². The lowest BCUT2D eigenvalue weighted by Crippen LogP contribution is -2.43. The van der Waals surface area contributed by atoms with Crippen LogP contribution < -0.4 is 4.90 Å². The number of sulfonamides is 1. The average molecular weight is 747 g/mol. The van der Waals surface area contributed by atoms with Gasteiger partial charge in [0.1, 0.15) is 5.82 Å². The van der Waals surface area contributed by atoms with Crippen LogP contribution in [0.1, 0.15) is 83.3 Å². The van der Waals surface area contributed by atoms with E-state index in [1.807, 2.05) is 32.9 Å². The predicted molar refractivity (Wildman–Crippen MR) is 181 cm³/mol. The molecule has 5 rings (SSSR count). The average Bonchev–Trinajstić information content (AvgIpc) is 3.91. The Hall–Kier alpha value is -4.69. The second kappa shape index (κ2) is 14.4. The number of carboxylic acids is 1. The summed E-state index contributed by atoms with van der Waals surface area (Å²) in [5, 5.41) is 9.66. The van der Waals surface area contributed by atoms with Crippen LogP contribution in [-0.4, -0.2) is 36.3 Å². The summed E-state index contributed by atoms with van der Waals surface area (Å²) in [6, 6.07) is 13.2. The minimum absolute atomic E-state index is 0.0908. The second-order valence-corrected chi connectivity index (χ2v) is 15.9. The molecule has 1 fully saturated rings. The molecular weight excluding hydrogens is 710 g/mol. The lowest BCUT2D eigenvalue weighted by Gasteiger charge is -2.31. The van der Waals surface area contributed by atoms with E-state index < -0.39 is 74.8 Å². The molecule has 7 nitrogen and oxygen atoms in total. The summed E-state index contributed by atoms with van der Waals surface area (Å²) in [6.45, 7) is 6.64. The Kier molecular flexibility index (Phi) is 10.7. The smallest absolute Gasteiger partial charge is 0.335 e. The number of aromatic carboxylic acids is 1. The van der Waals surface area contributed by atoms with E-state index in [2.05, 4.69) is 6.07 Å². The van der Waals surface area contributed by atoms with Gasteiger partial charge in [0.05, 0.1) is 18.7 Å². The zero-order valence-corrected chi connectivity index (χ0v) is 29.8. The number of carbonyl (C=O) groups is 2. The number of hydrogen-bond donors (Lipinski definition) is 1. The summed E-state index contributed by atoms with van der Waals surface area (Å²) in [6.07, 6.45) is 1.93. The first-order valence-corrected chi connectivity index (χ1v) is 17.7. The number of amides is 1. The highest BCUT2D eigenvalue weighted by atomic mass is 32.2. The van der Waals surface area contributed by atoms with Gasteiger partial charge in [0, 0.05) is 17.8 Å². The summed E-state index contributed by atoms with van der Waals surface area (Å²) in [4.78, 5) is 25.3. The monoisotopic (exact) mass is 746 g/mol. The maximum atomic E-state index is 15.0. The number of nitrogens with zero attached hydrogens (tertiary/aromatic N) is 2. The Bertz CT molecular complexity index is 2150. The fraction of sp³-hybridized carbons (Fsp3) is 0.316. The number of carboxylic acid groups (broad SMARTS) is 1. The van der Waals surface area contributed by atoms with Crippen LogP contribution in [0, 0.1) is 48.8 Å². The van der Waals surface area contributed by atoms with Gasteiger partial charge in [0.15, 0.2) is 28.2 Å². The van der Waals surface area contributed by atoms with Crippen molar-refractivity contribution in [3.8, 4) is 0 Å². The molecule has 1 saturated carbocycles. The third kappa shape index (κ3) is 7.73. The number of carbonyl (C=O) groups excluding carboxylic acids is 1. The van der Waals surface area contributed by atoms with Gasteiger partial charge in [-0.3, -0.25) is 4.79 Å². The molecule has 0 radical (unpaired) electrons. The normalized spacial score (nSPS) is 13.5. The first-order valence-electron chi connectivity index (χ1n) is 16.3. The van der Waals surface area contributed by atoms with E-state index in [0.717, 1.165) is 36.1 Å². The molecule has 0 aliphatic heterocycles. The molecule has 1 amide bonds. The molecule has 1 aliphatic rings. The molecule has 14 heteroatoms. The molecule has 1 aliphatic carbocycles. The summed E-state index contributed by atoms with van der Waals surface area (Å²) in [7, 11) is -5.75. The van der Waals surface area contributed by atoms with E-state index in [-0.39, 0.29) is 33.1 Å². The van der Waals surface area contributed by atoms with Crippen molar-refractivity contribution in [2.45, 2.75) is 76.8 Å². The zero-order chi connectivity index (χ0) is 38.4. The number of anilines is 1. The lowest BCUT2D eigenvalue weighted by molar-refractivity contribution is -0.119. The lowest BCUT2D eigenvalue weighted by atomic mass is 9.84. The van der Waals surface area contributed by atoms with Crippen LogP contribution >= 0.6 is 0 Å². The summed E-state index contributed by atoms with van der Waals surface area (Å²) in [5.74, 6) is -15.9. The van der Waals surface area contributed by atoms with Crippen LogP contribution in [0.4, 0.5) is 32.0 Å². The highest BCUT2D eigenvalue weighted by molar-refractivity contribution is 7.89. The van der Waals surface area contributed by atoms with Gasteiger partial charge in [-0.2, -0.15) is 4.31 Å². The Balaban J connectivity index is 1.68. The number of benzene rings is 4. The van der Waals surface area contributed by atoms with Crippen LogP contribution in [0.25, 0.3) is 0 Å². The van der Waals surface area contributed by atoms with Crippen molar-refractivity contribution in [3.05, 3.63) is 128 Å². The van der Waals surface area contributed by atoms with Crippen molar-refractivity contribution in [2.24, 2.45) is 0 Å². The van der Waals surface area contributed by atoms with Crippen LogP contribution in [0.5, 0.6) is 0 Å². The van der Waals surface area contributed by atoms with E-state index in [9.17, 15) is 40.7 Å². The van der Waals surface area contributed by atoms with Gasteiger partial charge in [-0.05, 0) is 84.0 Å². The largest absolute Gasteiger partial charge is 0.478 e. The molecule has 276 valence electrons. The molecule has 0 bridgehead atoms. The Morgan fingerprint density at radius 3 is 1.88 bits per heavy atom. The molecule has 4 aromatic rings. The van der Waals surface area contributed by atoms with Gasteiger partial charge in [-0.15, -0.1) is 0 Å². The van der Waals surface area contributed by atoms with Crippen molar-refractivity contribution in [3.63, 3.8) is 0 Å². The predicted octanol–water partition coefficient (Wildman–Crippen LogP) is 8.44. The highest BCUT2D eigenvalue weighted by Crippen LogP contribution is 2.42. The summed E-state index contributed by atoms with van der Waals surface area (Å²) in [5.41, 5.74) is 2.65.